The Morgan fingerprint density at radius 3 is 3.05 bits per heavy atom. The van der Waals surface area contributed by atoms with Crippen LogP contribution in [0.25, 0.3) is 5.52 Å². The topological polar surface area (TPSA) is 106 Å². The molecule has 0 unspecified atom stereocenters. The average molecular weight is 274 g/mol. The summed E-state index contributed by atoms with van der Waals surface area (Å²) in [6, 6.07) is 3.57. The number of aliphatic hydroxyl groups is 2. The van der Waals surface area contributed by atoms with E-state index in [0.717, 1.165) is 0 Å². The van der Waals surface area contributed by atoms with E-state index >= 15 is 0 Å². The van der Waals surface area contributed by atoms with E-state index in [0.29, 0.717) is 17.0 Å². The van der Waals surface area contributed by atoms with Gasteiger partial charge in [0.15, 0.2) is 11.4 Å². The normalized spacial score (nSPS) is 29.6. The largest absolute Gasteiger partial charge is 0.392 e. The summed E-state index contributed by atoms with van der Waals surface area (Å²) in [5, 5.41) is 23.5. The number of hydrogen-bond donors (Lipinski definition) is 3. The Morgan fingerprint density at radius 1 is 1.60 bits per heavy atom. The highest BCUT2D eigenvalue weighted by atomic mass is 16.5. The van der Waals surface area contributed by atoms with Crippen LogP contribution in [0.2, 0.25) is 0 Å². The molecule has 20 heavy (non-hydrogen) atoms. The second-order valence-corrected chi connectivity index (χ2v) is 4.75. The van der Waals surface area contributed by atoms with Crippen molar-refractivity contribution in [3.05, 3.63) is 24.2 Å². The van der Waals surface area contributed by atoms with E-state index in [-0.39, 0.29) is 6.42 Å². The fourth-order valence-electron chi connectivity index (χ4n) is 2.49. The fraction of sp³-hybridized carbons (Fsp3) is 0.385. The summed E-state index contributed by atoms with van der Waals surface area (Å²) < 4.78 is 7.29. The Labute approximate surface area is 115 Å². The number of nitrogens with two attached hydrogens (primary N) is 1. The van der Waals surface area contributed by atoms with Crippen molar-refractivity contribution in [3.8, 4) is 12.3 Å². The molecule has 0 radical (unpaired) electrons. The van der Waals surface area contributed by atoms with E-state index in [9.17, 15) is 10.2 Å². The maximum Gasteiger partial charge on any atom is 0.177 e. The molecule has 0 bridgehead atoms. The molecule has 0 aromatic carbocycles. The molecule has 4 N–H and O–H groups in total. The zero-order chi connectivity index (χ0) is 14.3. The lowest BCUT2D eigenvalue weighted by atomic mass is 9.98. The highest BCUT2D eigenvalue weighted by Gasteiger charge is 2.47. The van der Waals surface area contributed by atoms with Crippen molar-refractivity contribution in [1.29, 1.82) is 0 Å². The molecule has 3 atom stereocenters. The van der Waals surface area contributed by atoms with Crippen molar-refractivity contribution in [1.82, 2.24) is 14.6 Å². The van der Waals surface area contributed by atoms with Crippen molar-refractivity contribution >= 4 is 11.3 Å². The number of aromatic nitrogens is 3. The summed E-state index contributed by atoms with van der Waals surface area (Å²) in [5.41, 5.74) is 5.76. The minimum atomic E-state index is -1.37. The third-order valence-corrected chi connectivity index (χ3v) is 3.65. The molecule has 0 spiro atoms. The number of terminal acetylenes is 1. The SMILES string of the molecule is C#C[C@]1(CO)O[C@@H](c2ccc3c(N)ncnn23)C[C@@H]1O. The van der Waals surface area contributed by atoms with Gasteiger partial charge in [-0.05, 0) is 12.1 Å². The van der Waals surface area contributed by atoms with E-state index in [4.69, 9.17) is 16.9 Å². The van der Waals surface area contributed by atoms with Gasteiger partial charge in [-0.1, -0.05) is 5.92 Å². The fourth-order valence-corrected chi connectivity index (χ4v) is 2.49. The summed E-state index contributed by atoms with van der Waals surface area (Å²) in [5.74, 6) is 2.70. The van der Waals surface area contributed by atoms with Crippen LogP contribution >= 0.6 is 0 Å². The molecular formula is C13H14N4O3. The summed E-state index contributed by atoms with van der Waals surface area (Å²) in [7, 11) is 0. The van der Waals surface area contributed by atoms with Gasteiger partial charge in [0.1, 0.15) is 17.9 Å². The molecule has 1 aliphatic rings. The third kappa shape index (κ3) is 1.67. The molecule has 1 fully saturated rings. The van der Waals surface area contributed by atoms with Gasteiger partial charge in [-0.15, -0.1) is 6.42 Å². The van der Waals surface area contributed by atoms with Gasteiger partial charge in [0.2, 0.25) is 0 Å². The summed E-state index contributed by atoms with van der Waals surface area (Å²) in [6.45, 7) is -0.443. The highest BCUT2D eigenvalue weighted by molar-refractivity contribution is 5.65. The number of ether oxygens (including phenoxy) is 1. The summed E-state index contributed by atoms with van der Waals surface area (Å²) in [4.78, 5) is 3.91. The van der Waals surface area contributed by atoms with Crippen LogP contribution in [0.3, 0.4) is 0 Å². The number of hydrogen-bond acceptors (Lipinski definition) is 6. The van der Waals surface area contributed by atoms with Crippen molar-refractivity contribution < 1.29 is 14.9 Å². The number of anilines is 1. The minimum Gasteiger partial charge on any atom is -0.392 e. The number of nitrogens with zero attached hydrogens (tertiary/aromatic N) is 3. The van der Waals surface area contributed by atoms with E-state index in [1.54, 1.807) is 16.6 Å². The van der Waals surface area contributed by atoms with Crippen LogP contribution in [0.4, 0.5) is 5.82 Å². The van der Waals surface area contributed by atoms with Gasteiger partial charge in [0.25, 0.3) is 0 Å². The second-order valence-electron chi connectivity index (χ2n) is 4.75. The second kappa shape index (κ2) is 4.45. The highest BCUT2D eigenvalue weighted by Crippen LogP contribution is 2.39. The quantitative estimate of drug-likeness (QED) is 0.637. The monoisotopic (exact) mass is 274 g/mol. The van der Waals surface area contributed by atoms with Crippen LogP contribution < -0.4 is 5.73 Å². The van der Waals surface area contributed by atoms with Gasteiger partial charge in [-0.3, -0.25) is 0 Å². The lowest BCUT2D eigenvalue weighted by molar-refractivity contribution is -0.0732. The van der Waals surface area contributed by atoms with E-state index in [2.05, 4.69) is 16.0 Å². The van der Waals surface area contributed by atoms with Crippen LogP contribution in [0.15, 0.2) is 18.5 Å². The molecule has 1 aliphatic heterocycles. The smallest absolute Gasteiger partial charge is 0.177 e. The molecule has 3 heterocycles. The minimum absolute atomic E-state index is 0.279. The Balaban J connectivity index is 2.02. The Bertz CT molecular complexity index is 692. The zero-order valence-electron chi connectivity index (χ0n) is 10.6. The number of fused-ring (bicyclic) bond motifs is 1. The number of rotatable bonds is 2. The molecule has 0 saturated carbocycles. The standard InChI is InChI=1S/C13H14N4O3/c1-2-13(6-18)11(19)5-10(20-13)8-3-4-9-12(14)15-7-16-17(8)9/h1,3-4,7,10-11,18-19H,5-6H2,(H2,14,15,16)/t10-,11+,13-/m1/s1. The van der Waals surface area contributed by atoms with Gasteiger partial charge >= 0.3 is 0 Å². The van der Waals surface area contributed by atoms with Gasteiger partial charge in [0.05, 0.1) is 18.4 Å². The molecule has 1 saturated heterocycles. The molecular weight excluding hydrogens is 260 g/mol. The van der Waals surface area contributed by atoms with Crippen LogP contribution in [0, 0.1) is 12.3 Å². The third-order valence-electron chi connectivity index (χ3n) is 3.65. The van der Waals surface area contributed by atoms with Crippen LogP contribution in [0.5, 0.6) is 0 Å². The van der Waals surface area contributed by atoms with Crippen molar-refractivity contribution in [2.24, 2.45) is 0 Å². The van der Waals surface area contributed by atoms with E-state index in [1.807, 2.05) is 0 Å². The first-order valence-corrected chi connectivity index (χ1v) is 6.14. The van der Waals surface area contributed by atoms with Gasteiger partial charge in [-0.2, -0.15) is 5.10 Å². The molecule has 7 heteroatoms. The Kier molecular flexibility index (Phi) is 2.87. The number of nitrogen functional groups attached to an aromatic ring is 1. The van der Waals surface area contributed by atoms with Gasteiger partial charge in [-0.25, -0.2) is 9.50 Å². The molecule has 104 valence electrons. The zero-order valence-corrected chi connectivity index (χ0v) is 10.6. The molecule has 3 rings (SSSR count). The van der Waals surface area contributed by atoms with Crippen molar-refractivity contribution in [2.45, 2.75) is 24.2 Å². The molecule has 2 aromatic rings. The van der Waals surface area contributed by atoms with E-state index < -0.39 is 24.4 Å². The molecule has 2 aromatic heterocycles. The van der Waals surface area contributed by atoms with E-state index in [1.165, 1.54) is 6.33 Å². The van der Waals surface area contributed by atoms with Gasteiger partial charge < -0.3 is 20.7 Å². The van der Waals surface area contributed by atoms with Crippen LogP contribution in [-0.4, -0.2) is 43.1 Å². The predicted octanol–water partition coefficient (Wildman–Crippen LogP) is -0.502. The maximum absolute atomic E-state index is 10.0. The lowest BCUT2D eigenvalue weighted by Crippen LogP contribution is -2.41. The first kappa shape index (κ1) is 12.9. The van der Waals surface area contributed by atoms with Crippen LogP contribution in [0.1, 0.15) is 18.2 Å². The number of aliphatic hydroxyl groups excluding tert-OH is 2. The van der Waals surface area contributed by atoms with Crippen molar-refractivity contribution in [3.63, 3.8) is 0 Å². The predicted molar refractivity (Wildman–Crippen MR) is 70.5 cm³/mol. The molecule has 7 nitrogen and oxygen atoms in total. The summed E-state index contributed by atoms with van der Waals surface area (Å²) in [6.07, 6.45) is 5.59. The Morgan fingerprint density at radius 2 is 2.40 bits per heavy atom. The molecule has 0 aliphatic carbocycles. The maximum atomic E-state index is 10.0. The van der Waals surface area contributed by atoms with Crippen molar-refractivity contribution in [2.75, 3.05) is 12.3 Å². The first-order valence-electron chi connectivity index (χ1n) is 6.14. The first-order chi connectivity index (χ1) is 9.61. The summed E-state index contributed by atoms with van der Waals surface area (Å²) >= 11 is 0. The Hall–Kier alpha value is -2.14. The lowest BCUT2D eigenvalue weighted by Gasteiger charge is -2.23. The average Bonchev–Trinajstić information content (AvgIpc) is 3.01. The van der Waals surface area contributed by atoms with Gasteiger partial charge in [0, 0.05) is 6.42 Å². The molecule has 0 amide bonds. The van der Waals surface area contributed by atoms with Crippen LogP contribution in [-0.2, 0) is 4.74 Å².